The Morgan fingerprint density at radius 2 is 1.80 bits per heavy atom. The van der Waals surface area contributed by atoms with Gasteiger partial charge in [-0.3, -0.25) is 0 Å². The summed E-state index contributed by atoms with van der Waals surface area (Å²) in [5.74, 6) is 1.34. The monoisotopic (exact) mass is 274 g/mol. The van der Waals surface area contributed by atoms with Crippen LogP contribution in [0.25, 0.3) is 0 Å². The highest BCUT2D eigenvalue weighted by atomic mass is 16.7. The molecule has 1 saturated carbocycles. The Labute approximate surface area is 121 Å². The van der Waals surface area contributed by atoms with Gasteiger partial charge in [0.2, 0.25) is 0 Å². The standard InChI is InChI=1S/C15H23BN2O2/c1-14(2)15(3,4)20-16(19-14)12-8-7-11(18-13(12)17)9-10-5-6-10/h7-8,10H,5-6,9H2,1-4H3,(H2,17,18). The van der Waals surface area contributed by atoms with Crippen molar-refractivity contribution in [3.8, 4) is 0 Å². The van der Waals surface area contributed by atoms with Gasteiger partial charge in [0.25, 0.3) is 0 Å². The highest BCUT2D eigenvalue weighted by Crippen LogP contribution is 2.37. The first-order valence-electron chi connectivity index (χ1n) is 7.39. The molecule has 20 heavy (non-hydrogen) atoms. The summed E-state index contributed by atoms with van der Waals surface area (Å²) in [4.78, 5) is 4.51. The highest BCUT2D eigenvalue weighted by molar-refractivity contribution is 6.63. The average Bonchev–Trinajstić information content (AvgIpc) is 3.07. The first kappa shape index (κ1) is 13.9. The summed E-state index contributed by atoms with van der Waals surface area (Å²) in [7, 11) is -0.428. The second-order valence-corrected chi connectivity index (χ2v) is 7.01. The lowest BCUT2D eigenvalue weighted by atomic mass is 9.79. The zero-order valence-electron chi connectivity index (χ0n) is 12.8. The molecule has 2 heterocycles. The average molecular weight is 274 g/mol. The molecule has 0 radical (unpaired) electrons. The number of nitrogens with two attached hydrogens (primary N) is 1. The van der Waals surface area contributed by atoms with Gasteiger partial charge in [-0.1, -0.05) is 6.07 Å². The zero-order valence-corrected chi connectivity index (χ0v) is 12.8. The Hall–Kier alpha value is -1.07. The molecule has 1 aliphatic heterocycles. The lowest BCUT2D eigenvalue weighted by Crippen LogP contribution is -2.41. The predicted octanol–water partition coefficient (Wildman–Crippen LogP) is 1.92. The molecule has 1 aromatic heterocycles. The molecule has 1 aromatic rings. The Kier molecular flexibility index (Phi) is 3.10. The molecular weight excluding hydrogens is 251 g/mol. The quantitative estimate of drug-likeness (QED) is 0.855. The summed E-state index contributed by atoms with van der Waals surface area (Å²) in [6.07, 6.45) is 3.68. The molecule has 0 bridgehead atoms. The van der Waals surface area contributed by atoms with Gasteiger partial charge in [-0.25, -0.2) is 4.98 Å². The summed E-state index contributed by atoms with van der Waals surface area (Å²) >= 11 is 0. The van der Waals surface area contributed by atoms with Crippen molar-refractivity contribution in [2.45, 2.75) is 58.2 Å². The van der Waals surface area contributed by atoms with Crippen LogP contribution in [-0.4, -0.2) is 23.3 Å². The zero-order chi connectivity index (χ0) is 14.5. The number of aromatic nitrogens is 1. The van der Waals surface area contributed by atoms with Gasteiger partial charge in [0, 0.05) is 11.2 Å². The molecule has 2 fully saturated rings. The fourth-order valence-electron chi connectivity index (χ4n) is 2.43. The Balaban J connectivity index is 1.80. The molecule has 0 spiro atoms. The third-order valence-corrected chi connectivity index (χ3v) is 4.72. The van der Waals surface area contributed by atoms with E-state index in [1.165, 1.54) is 12.8 Å². The molecule has 0 atom stereocenters. The van der Waals surface area contributed by atoms with Gasteiger partial charge in [-0.2, -0.15) is 0 Å². The molecule has 0 amide bonds. The van der Waals surface area contributed by atoms with Crippen LogP contribution in [0.1, 0.15) is 46.2 Å². The Morgan fingerprint density at radius 3 is 2.30 bits per heavy atom. The minimum atomic E-state index is -0.428. The maximum atomic E-state index is 6.10. The van der Waals surface area contributed by atoms with E-state index in [2.05, 4.69) is 11.1 Å². The summed E-state index contributed by atoms with van der Waals surface area (Å²) < 4.78 is 12.0. The first-order chi connectivity index (χ1) is 9.28. The van der Waals surface area contributed by atoms with E-state index in [9.17, 15) is 0 Å². The number of nitrogen functional groups attached to an aromatic ring is 1. The maximum Gasteiger partial charge on any atom is 0.498 e. The van der Waals surface area contributed by atoms with Crippen molar-refractivity contribution in [2.24, 2.45) is 5.92 Å². The topological polar surface area (TPSA) is 57.4 Å². The SMILES string of the molecule is CC1(C)OB(c2ccc(CC3CC3)nc2N)OC1(C)C. The maximum absolute atomic E-state index is 6.10. The minimum Gasteiger partial charge on any atom is -0.399 e. The van der Waals surface area contributed by atoms with E-state index in [-0.39, 0.29) is 11.2 Å². The van der Waals surface area contributed by atoms with Crippen LogP contribution in [0.3, 0.4) is 0 Å². The Morgan fingerprint density at radius 1 is 1.20 bits per heavy atom. The summed E-state index contributed by atoms with van der Waals surface area (Å²) in [5, 5.41) is 0. The summed E-state index contributed by atoms with van der Waals surface area (Å²) in [5.41, 5.74) is 7.31. The van der Waals surface area contributed by atoms with Crippen molar-refractivity contribution < 1.29 is 9.31 Å². The van der Waals surface area contributed by atoms with E-state index in [0.717, 1.165) is 23.5 Å². The van der Waals surface area contributed by atoms with Gasteiger partial charge in [-0.05, 0) is 58.9 Å². The fourth-order valence-corrected chi connectivity index (χ4v) is 2.43. The van der Waals surface area contributed by atoms with Crippen molar-refractivity contribution in [3.05, 3.63) is 17.8 Å². The second kappa shape index (κ2) is 4.47. The molecule has 0 aromatic carbocycles. The molecule has 4 nitrogen and oxygen atoms in total. The normalized spacial score (nSPS) is 24.1. The van der Waals surface area contributed by atoms with E-state index in [1.54, 1.807) is 0 Å². The molecule has 1 saturated heterocycles. The number of hydrogen-bond acceptors (Lipinski definition) is 4. The smallest absolute Gasteiger partial charge is 0.399 e. The van der Waals surface area contributed by atoms with Crippen molar-refractivity contribution in [1.82, 2.24) is 4.98 Å². The van der Waals surface area contributed by atoms with Gasteiger partial charge in [-0.15, -0.1) is 0 Å². The van der Waals surface area contributed by atoms with Gasteiger partial charge in [0.05, 0.1) is 11.2 Å². The number of hydrogen-bond donors (Lipinski definition) is 1. The first-order valence-corrected chi connectivity index (χ1v) is 7.39. The number of nitrogens with zero attached hydrogens (tertiary/aromatic N) is 1. The molecule has 0 unspecified atom stereocenters. The summed E-state index contributed by atoms with van der Waals surface area (Å²) in [6, 6.07) is 4.05. The van der Waals surface area contributed by atoms with Crippen LogP contribution in [0, 0.1) is 5.92 Å². The van der Waals surface area contributed by atoms with Crippen molar-refractivity contribution >= 4 is 18.4 Å². The van der Waals surface area contributed by atoms with Crippen molar-refractivity contribution in [3.63, 3.8) is 0 Å². The van der Waals surface area contributed by atoms with Crippen molar-refractivity contribution in [1.29, 1.82) is 0 Å². The van der Waals surface area contributed by atoms with Crippen molar-refractivity contribution in [2.75, 3.05) is 5.73 Å². The lowest BCUT2D eigenvalue weighted by molar-refractivity contribution is 0.00578. The van der Waals surface area contributed by atoms with Crippen LogP contribution < -0.4 is 11.2 Å². The van der Waals surface area contributed by atoms with E-state index in [1.807, 2.05) is 33.8 Å². The van der Waals surface area contributed by atoms with Gasteiger partial charge >= 0.3 is 7.12 Å². The molecule has 3 rings (SSSR count). The number of pyridine rings is 1. The molecular formula is C15H23BN2O2. The molecule has 108 valence electrons. The highest BCUT2D eigenvalue weighted by Gasteiger charge is 2.52. The second-order valence-electron chi connectivity index (χ2n) is 7.01. The summed E-state index contributed by atoms with van der Waals surface area (Å²) in [6.45, 7) is 8.16. The van der Waals surface area contributed by atoms with Crippen LogP contribution in [-0.2, 0) is 15.7 Å². The van der Waals surface area contributed by atoms with Gasteiger partial charge < -0.3 is 15.0 Å². The minimum absolute atomic E-state index is 0.350. The van der Waals surface area contributed by atoms with Crippen LogP contribution in [0.15, 0.2) is 12.1 Å². The largest absolute Gasteiger partial charge is 0.498 e. The van der Waals surface area contributed by atoms with Gasteiger partial charge in [0.1, 0.15) is 5.82 Å². The van der Waals surface area contributed by atoms with Crippen LogP contribution in [0.5, 0.6) is 0 Å². The number of rotatable bonds is 3. The van der Waals surface area contributed by atoms with E-state index < -0.39 is 7.12 Å². The Bertz CT molecular complexity index is 511. The molecule has 2 aliphatic rings. The van der Waals surface area contributed by atoms with Crippen LogP contribution in [0.4, 0.5) is 5.82 Å². The molecule has 5 heteroatoms. The van der Waals surface area contributed by atoms with E-state index >= 15 is 0 Å². The van der Waals surface area contributed by atoms with Gasteiger partial charge in [0.15, 0.2) is 0 Å². The predicted molar refractivity (Wildman–Crippen MR) is 80.8 cm³/mol. The van der Waals surface area contributed by atoms with Crippen LogP contribution in [0.2, 0.25) is 0 Å². The van der Waals surface area contributed by atoms with E-state index in [0.29, 0.717) is 5.82 Å². The third kappa shape index (κ3) is 2.45. The lowest BCUT2D eigenvalue weighted by Gasteiger charge is -2.32. The van der Waals surface area contributed by atoms with Crippen LogP contribution >= 0.6 is 0 Å². The number of anilines is 1. The fraction of sp³-hybridized carbons (Fsp3) is 0.667. The molecule has 2 N–H and O–H groups in total. The van der Waals surface area contributed by atoms with E-state index in [4.69, 9.17) is 15.0 Å². The molecule has 1 aliphatic carbocycles. The third-order valence-electron chi connectivity index (χ3n) is 4.72.